The van der Waals surface area contributed by atoms with Crippen LogP contribution in [0.2, 0.25) is 0 Å². The summed E-state index contributed by atoms with van der Waals surface area (Å²) in [5.41, 5.74) is 7.27. The van der Waals surface area contributed by atoms with Crippen LogP contribution in [-0.2, 0) is 5.66 Å². The smallest absolute Gasteiger partial charge is 0.155 e. The summed E-state index contributed by atoms with van der Waals surface area (Å²) in [6, 6.07) is 23.4. The summed E-state index contributed by atoms with van der Waals surface area (Å²) < 4.78 is 6.16. The normalized spacial score (nSPS) is 21.7. The van der Waals surface area contributed by atoms with Gasteiger partial charge in [-0.25, -0.2) is 9.98 Å². The van der Waals surface area contributed by atoms with Crippen LogP contribution in [-0.4, -0.2) is 11.7 Å². The van der Waals surface area contributed by atoms with E-state index in [1.54, 1.807) is 0 Å². The average molecular weight is 590 g/mol. The highest BCUT2D eigenvalue weighted by molar-refractivity contribution is 6.06. The molecule has 4 nitrogen and oxygen atoms in total. The quantitative estimate of drug-likeness (QED) is 0.208. The van der Waals surface area contributed by atoms with E-state index >= 15 is 0 Å². The van der Waals surface area contributed by atoms with Gasteiger partial charge < -0.3 is 9.73 Å². The van der Waals surface area contributed by atoms with E-state index in [1.807, 2.05) is 12.1 Å². The SMILES string of the molecule is CC/C=C(\C=C/CC1=NC(C)(c2ccc(-c3ccc4c(c3)oc3ccccc34)cc2)NC(C2C=CC=CC2)=N1)C1=CC=CCC1. The van der Waals surface area contributed by atoms with Gasteiger partial charge in [0.15, 0.2) is 5.66 Å². The lowest BCUT2D eigenvalue weighted by Crippen LogP contribution is -2.48. The fourth-order valence-corrected chi connectivity index (χ4v) is 6.47. The predicted molar refractivity (Wildman–Crippen MR) is 189 cm³/mol. The fraction of sp³-hybridized carbons (Fsp3) is 0.220. The highest BCUT2D eigenvalue weighted by Gasteiger charge is 2.33. The zero-order valence-electron chi connectivity index (χ0n) is 26.0. The Hall–Kier alpha value is -4.96. The molecule has 45 heavy (non-hydrogen) atoms. The van der Waals surface area contributed by atoms with Crippen molar-refractivity contribution in [2.75, 3.05) is 0 Å². The Kier molecular flexibility index (Phi) is 8.04. The molecule has 2 aliphatic carbocycles. The third-order valence-corrected chi connectivity index (χ3v) is 8.87. The number of para-hydroxylation sites is 1. The Morgan fingerprint density at radius 2 is 1.80 bits per heavy atom. The van der Waals surface area contributed by atoms with Crippen LogP contribution in [0.1, 0.15) is 51.5 Å². The Balaban J connectivity index is 1.17. The lowest BCUT2D eigenvalue weighted by atomic mass is 9.93. The second-order valence-electron chi connectivity index (χ2n) is 12.1. The molecule has 0 saturated carbocycles. The highest BCUT2D eigenvalue weighted by Crippen LogP contribution is 2.34. The molecule has 4 aromatic rings. The molecule has 1 N–H and O–H groups in total. The van der Waals surface area contributed by atoms with Crippen molar-refractivity contribution in [1.82, 2.24) is 5.32 Å². The molecular weight excluding hydrogens is 550 g/mol. The van der Waals surface area contributed by atoms with Crippen LogP contribution in [0, 0.1) is 5.92 Å². The maximum absolute atomic E-state index is 6.16. The van der Waals surface area contributed by atoms with E-state index in [0.717, 1.165) is 76.0 Å². The van der Waals surface area contributed by atoms with Crippen molar-refractivity contribution >= 4 is 33.6 Å². The van der Waals surface area contributed by atoms with Crippen molar-refractivity contribution in [1.29, 1.82) is 0 Å². The third-order valence-electron chi connectivity index (χ3n) is 8.87. The summed E-state index contributed by atoms with van der Waals surface area (Å²) in [5.74, 6) is 2.02. The molecule has 7 rings (SSSR count). The van der Waals surface area contributed by atoms with Gasteiger partial charge in [0.1, 0.15) is 22.8 Å². The minimum absolute atomic E-state index is 0.202. The van der Waals surface area contributed by atoms with E-state index in [1.165, 1.54) is 11.1 Å². The molecule has 0 amide bonds. The maximum atomic E-state index is 6.16. The van der Waals surface area contributed by atoms with Gasteiger partial charge in [-0.1, -0.05) is 116 Å². The first-order chi connectivity index (χ1) is 22.1. The van der Waals surface area contributed by atoms with E-state index in [9.17, 15) is 0 Å². The molecule has 0 fully saturated rings. The van der Waals surface area contributed by atoms with Gasteiger partial charge in [-0.05, 0) is 78.6 Å². The number of amidine groups is 2. The lowest BCUT2D eigenvalue weighted by molar-refractivity contribution is 0.443. The van der Waals surface area contributed by atoms with Gasteiger partial charge in [0.05, 0.1) is 0 Å². The number of rotatable bonds is 8. The number of furan rings is 1. The number of fused-ring (bicyclic) bond motifs is 3. The number of hydrogen-bond acceptors (Lipinski definition) is 4. The zero-order chi connectivity index (χ0) is 30.6. The molecule has 3 aromatic carbocycles. The van der Waals surface area contributed by atoms with Crippen molar-refractivity contribution in [3.63, 3.8) is 0 Å². The first-order valence-corrected chi connectivity index (χ1v) is 16.1. The molecule has 0 spiro atoms. The van der Waals surface area contributed by atoms with Crippen LogP contribution in [0.4, 0.5) is 0 Å². The molecular formula is C41H39N3O. The van der Waals surface area contributed by atoms with E-state index in [2.05, 4.69) is 135 Å². The minimum Gasteiger partial charge on any atom is -0.456 e. The van der Waals surface area contributed by atoms with E-state index < -0.39 is 5.66 Å². The summed E-state index contributed by atoms with van der Waals surface area (Å²) in [5, 5.41) is 6.02. The maximum Gasteiger partial charge on any atom is 0.155 e. The van der Waals surface area contributed by atoms with Crippen LogP contribution in [0.25, 0.3) is 33.1 Å². The average Bonchev–Trinajstić information content (AvgIpc) is 3.46. The number of nitrogens with zero attached hydrogens (tertiary/aromatic N) is 2. The molecule has 0 bridgehead atoms. The Labute approximate surface area is 265 Å². The molecule has 3 aliphatic rings. The Morgan fingerprint density at radius 3 is 2.60 bits per heavy atom. The van der Waals surface area contributed by atoms with Gasteiger partial charge in [0, 0.05) is 23.1 Å². The molecule has 2 heterocycles. The van der Waals surface area contributed by atoms with Crippen LogP contribution in [0.3, 0.4) is 0 Å². The van der Waals surface area contributed by atoms with Crippen LogP contribution >= 0.6 is 0 Å². The molecule has 4 heteroatoms. The van der Waals surface area contributed by atoms with Crippen molar-refractivity contribution < 1.29 is 4.42 Å². The number of nitrogens with one attached hydrogen (secondary N) is 1. The minimum atomic E-state index is -0.630. The predicted octanol–water partition coefficient (Wildman–Crippen LogP) is 10.5. The molecule has 2 atom stereocenters. The summed E-state index contributed by atoms with van der Waals surface area (Å²) in [6.07, 6.45) is 26.9. The highest BCUT2D eigenvalue weighted by atomic mass is 16.3. The summed E-state index contributed by atoms with van der Waals surface area (Å²) >= 11 is 0. The van der Waals surface area contributed by atoms with E-state index in [-0.39, 0.29) is 5.92 Å². The number of benzene rings is 3. The number of aliphatic imine (C=N–C) groups is 2. The van der Waals surface area contributed by atoms with E-state index in [4.69, 9.17) is 14.4 Å². The monoisotopic (exact) mass is 589 g/mol. The topological polar surface area (TPSA) is 49.9 Å². The Morgan fingerprint density at radius 1 is 0.956 bits per heavy atom. The molecule has 0 saturated heterocycles. The summed E-state index contributed by atoms with van der Waals surface area (Å²) in [6.45, 7) is 4.35. The van der Waals surface area contributed by atoms with Crippen LogP contribution in [0.15, 0.2) is 153 Å². The largest absolute Gasteiger partial charge is 0.456 e. The molecule has 1 aromatic heterocycles. The second kappa shape index (κ2) is 12.6. The van der Waals surface area contributed by atoms with E-state index in [0.29, 0.717) is 6.42 Å². The van der Waals surface area contributed by atoms with Crippen molar-refractivity contribution in [2.45, 2.75) is 51.6 Å². The zero-order valence-corrected chi connectivity index (χ0v) is 26.0. The van der Waals surface area contributed by atoms with Gasteiger partial charge in [-0.2, -0.15) is 0 Å². The van der Waals surface area contributed by atoms with Gasteiger partial charge in [-0.3, -0.25) is 0 Å². The summed E-state index contributed by atoms with van der Waals surface area (Å²) in [4.78, 5) is 10.3. The fourth-order valence-electron chi connectivity index (χ4n) is 6.47. The molecule has 1 aliphatic heterocycles. The van der Waals surface area contributed by atoms with Gasteiger partial charge in [0.25, 0.3) is 0 Å². The van der Waals surface area contributed by atoms with Gasteiger partial charge >= 0.3 is 0 Å². The molecule has 2 unspecified atom stereocenters. The van der Waals surface area contributed by atoms with Crippen LogP contribution < -0.4 is 5.32 Å². The van der Waals surface area contributed by atoms with Crippen molar-refractivity contribution in [2.24, 2.45) is 15.9 Å². The Bertz CT molecular complexity index is 1980. The first kappa shape index (κ1) is 28.8. The summed E-state index contributed by atoms with van der Waals surface area (Å²) in [7, 11) is 0. The van der Waals surface area contributed by atoms with Gasteiger partial charge in [0.2, 0.25) is 0 Å². The first-order valence-electron chi connectivity index (χ1n) is 16.1. The molecule has 0 radical (unpaired) electrons. The standard InChI is InChI=1S/C41H39N3O/c1-3-13-29(30-14-6-4-7-15-30)18-12-21-39-42-40(32-16-8-5-9-17-32)44-41(2,43-39)34-25-22-31(23-26-34)33-24-27-36-35-19-10-11-20-37(35)45-38(36)28-33/h4-6,8-14,16,18-20,22-28,32H,3,7,15,17,21H2,1-2H3,(H,42,43,44)/b18-12-,29-13+. The van der Waals surface area contributed by atoms with Gasteiger partial charge in [-0.15, -0.1) is 0 Å². The second-order valence-corrected chi connectivity index (χ2v) is 12.1. The third kappa shape index (κ3) is 6.06. The van der Waals surface area contributed by atoms with Crippen LogP contribution in [0.5, 0.6) is 0 Å². The molecule has 224 valence electrons. The van der Waals surface area contributed by atoms with Crippen molar-refractivity contribution in [3.8, 4) is 11.1 Å². The number of hydrogen-bond donors (Lipinski definition) is 1. The van der Waals surface area contributed by atoms with Crippen molar-refractivity contribution in [3.05, 3.63) is 144 Å². The number of allylic oxidation sites excluding steroid dienone is 10. The lowest BCUT2D eigenvalue weighted by Gasteiger charge is -2.35.